The second kappa shape index (κ2) is 5.98. The number of carbonyl (C=O) groups is 1. The summed E-state index contributed by atoms with van der Waals surface area (Å²) >= 11 is 0. The summed E-state index contributed by atoms with van der Waals surface area (Å²) in [5, 5.41) is 14.5. The van der Waals surface area contributed by atoms with Crippen LogP contribution in [0.4, 0.5) is 10.5 Å². The van der Waals surface area contributed by atoms with Gasteiger partial charge in [0.1, 0.15) is 0 Å². The summed E-state index contributed by atoms with van der Waals surface area (Å²) in [4.78, 5) is 12.1. The number of nitriles is 1. The van der Waals surface area contributed by atoms with Gasteiger partial charge in [-0.25, -0.2) is 4.79 Å². The average molecular weight is 301 g/mol. The van der Waals surface area contributed by atoms with Crippen molar-refractivity contribution in [2.45, 2.75) is 45.3 Å². The summed E-state index contributed by atoms with van der Waals surface area (Å²) < 4.78 is 5.56. The Morgan fingerprint density at radius 3 is 2.50 bits per heavy atom. The van der Waals surface area contributed by atoms with Crippen molar-refractivity contribution in [1.82, 2.24) is 5.32 Å². The predicted octanol–water partition coefficient (Wildman–Crippen LogP) is 3.08. The lowest BCUT2D eigenvalue weighted by atomic mass is 9.56. The third-order valence-electron chi connectivity index (χ3n) is 5.08. The number of benzene rings is 1. The molecule has 1 aromatic carbocycles. The van der Waals surface area contributed by atoms with Gasteiger partial charge in [0.2, 0.25) is 0 Å². The molecule has 5 nitrogen and oxygen atoms in total. The number of nitrogens with one attached hydrogen (secondary N) is 2. The highest BCUT2D eigenvalue weighted by atomic mass is 16.5. The van der Waals surface area contributed by atoms with E-state index in [-0.39, 0.29) is 23.1 Å². The first-order valence-electron chi connectivity index (χ1n) is 7.41. The number of hydrogen-bond acceptors (Lipinski definition) is 3. The Morgan fingerprint density at radius 1 is 1.36 bits per heavy atom. The average Bonchev–Trinajstić information content (AvgIpc) is 2.48. The maximum atomic E-state index is 12.1. The maximum absolute atomic E-state index is 12.1. The minimum atomic E-state index is -0.218. The molecule has 0 spiro atoms. The zero-order valence-electron chi connectivity index (χ0n) is 13.6. The van der Waals surface area contributed by atoms with Crippen LogP contribution in [0, 0.1) is 16.7 Å². The number of anilines is 1. The van der Waals surface area contributed by atoms with Crippen LogP contribution in [0.3, 0.4) is 0 Å². The van der Waals surface area contributed by atoms with Gasteiger partial charge < -0.3 is 15.4 Å². The molecule has 5 heteroatoms. The number of hydrogen-bond donors (Lipinski definition) is 2. The van der Waals surface area contributed by atoms with E-state index in [9.17, 15) is 4.79 Å². The Hall–Kier alpha value is -2.06. The third-order valence-corrected chi connectivity index (χ3v) is 5.08. The van der Waals surface area contributed by atoms with Gasteiger partial charge in [0.25, 0.3) is 0 Å². The highest BCUT2D eigenvalue weighted by Gasteiger charge is 2.58. The van der Waals surface area contributed by atoms with E-state index in [0.717, 1.165) is 12.0 Å². The maximum Gasteiger partial charge on any atom is 0.319 e. The van der Waals surface area contributed by atoms with Crippen LogP contribution in [0.25, 0.3) is 0 Å². The largest absolute Gasteiger partial charge is 0.378 e. The normalized spacial score (nSPS) is 25.7. The molecule has 2 atom stereocenters. The van der Waals surface area contributed by atoms with E-state index in [0.29, 0.717) is 12.1 Å². The summed E-state index contributed by atoms with van der Waals surface area (Å²) in [5.74, 6) is 0. The Balaban J connectivity index is 1.90. The van der Waals surface area contributed by atoms with Crippen molar-refractivity contribution in [3.05, 3.63) is 29.8 Å². The molecular formula is C17H23N3O2. The Bertz CT molecular complexity index is 589. The molecule has 1 aromatic rings. The molecule has 118 valence electrons. The van der Waals surface area contributed by atoms with Gasteiger partial charge in [0.05, 0.1) is 18.1 Å². The van der Waals surface area contributed by atoms with E-state index in [4.69, 9.17) is 10.00 Å². The van der Waals surface area contributed by atoms with Crippen molar-refractivity contribution in [1.29, 1.82) is 5.26 Å². The van der Waals surface area contributed by atoms with Crippen molar-refractivity contribution >= 4 is 11.7 Å². The number of rotatable bonds is 4. The van der Waals surface area contributed by atoms with Crippen LogP contribution in [0.1, 0.15) is 32.8 Å². The minimum Gasteiger partial charge on any atom is -0.378 e. The zero-order chi connectivity index (χ0) is 16.4. The lowest BCUT2D eigenvalue weighted by Crippen LogP contribution is -2.68. The molecule has 0 heterocycles. The molecule has 1 fully saturated rings. The first-order valence-corrected chi connectivity index (χ1v) is 7.41. The number of ether oxygens (including phenoxy) is 1. The minimum absolute atomic E-state index is 0.0790. The van der Waals surface area contributed by atoms with E-state index >= 15 is 0 Å². The van der Waals surface area contributed by atoms with Crippen LogP contribution in [-0.2, 0) is 11.2 Å². The smallest absolute Gasteiger partial charge is 0.319 e. The summed E-state index contributed by atoms with van der Waals surface area (Å²) in [6.07, 6.45) is 1.17. The molecule has 2 amide bonds. The topological polar surface area (TPSA) is 74.2 Å². The van der Waals surface area contributed by atoms with Gasteiger partial charge in [-0.15, -0.1) is 0 Å². The molecule has 2 N–H and O–H groups in total. The Morgan fingerprint density at radius 2 is 2.00 bits per heavy atom. The highest BCUT2D eigenvalue weighted by molar-refractivity contribution is 5.89. The van der Waals surface area contributed by atoms with Gasteiger partial charge in [-0.1, -0.05) is 26.0 Å². The van der Waals surface area contributed by atoms with Gasteiger partial charge in [-0.3, -0.25) is 0 Å². The Labute approximate surface area is 131 Å². The van der Waals surface area contributed by atoms with Crippen molar-refractivity contribution in [2.24, 2.45) is 5.41 Å². The second-order valence-electron chi connectivity index (χ2n) is 6.54. The molecule has 0 radical (unpaired) electrons. The highest BCUT2D eigenvalue weighted by Crippen LogP contribution is 2.51. The first kappa shape index (κ1) is 16.3. The molecule has 22 heavy (non-hydrogen) atoms. The molecule has 0 aromatic heterocycles. The molecule has 1 aliphatic rings. The fourth-order valence-corrected chi connectivity index (χ4v) is 2.85. The van der Waals surface area contributed by atoms with Crippen LogP contribution >= 0.6 is 0 Å². The summed E-state index contributed by atoms with van der Waals surface area (Å²) in [5.41, 5.74) is 1.33. The molecule has 0 aliphatic heterocycles. The number of methoxy groups -OCH3 is 1. The number of carbonyl (C=O) groups excluding carboxylic acids is 1. The van der Waals surface area contributed by atoms with Crippen molar-refractivity contribution in [2.75, 3.05) is 12.4 Å². The van der Waals surface area contributed by atoms with Gasteiger partial charge in [0.15, 0.2) is 0 Å². The SMILES string of the molecule is COC1(C)CC(NC(=O)Nc2ccc(CC#N)cc2)C1(C)C. The van der Waals surface area contributed by atoms with Gasteiger partial charge in [-0.2, -0.15) is 5.26 Å². The molecule has 2 unspecified atom stereocenters. The zero-order valence-corrected chi connectivity index (χ0v) is 13.6. The number of nitrogens with zero attached hydrogens (tertiary/aromatic N) is 1. The van der Waals surface area contributed by atoms with E-state index in [1.165, 1.54) is 0 Å². The molecule has 0 bridgehead atoms. The van der Waals surface area contributed by atoms with Crippen molar-refractivity contribution in [3.8, 4) is 6.07 Å². The van der Waals surface area contributed by atoms with E-state index in [1.807, 2.05) is 12.1 Å². The fourth-order valence-electron chi connectivity index (χ4n) is 2.85. The molecular weight excluding hydrogens is 278 g/mol. The van der Waals surface area contributed by atoms with Crippen LogP contribution in [-0.4, -0.2) is 24.8 Å². The predicted molar refractivity (Wildman–Crippen MR) is 85.5 cm³/mol. The van der Waals surface area contributed by atoms with Crippen molar-refractivity contribution < 1.29 is 9.53 Å². The van der Waals surface area contributed by atoms with Crippen LogP contribution < -0.4 is 10.6 Å². The van der Waals surface area contributed by atoms with Crippen LogP contribution in [0.15, 0.2) is 24.3 Å². The number of amides is 2. The molecule has 1 saturated carbocycles. The quantitative estimate of drug-likeness (QED) is 0.897. The number of urea groups is 1. The van der Waals surface area contributed by atoms with Crippen LogP contribution in [0.5, 0.6) is 0 Å². The summed E-state index contributed by atoms with van der Waals surface area (Å²) in [6.45, 7) is 6.26. The monoisotopic (exact) mass is 301 g/mol. The van der Waals surface area contributed by atoms with E-state index < -0.39 is 0 Å². The van der Waals surface area contributed by atoms with Gasteiger partial charge in [-0.05, 0) is 31.0 Å². The molecule has 1 aliphatic carbocycles. The second-order valence-corrected chi connectivity index (χ2v) is 6.54. The fraction of sp³-hybridized carbons (Fsp3) is 0.529. The summed E-state index contributed by atoms with van der Waals surface area (Å²) in [7, 11) is 1.71. The lowest BCUT2D eigenvalue weighted by Gasteiger charge is -2.59. The first-order chi connectivity index (χ1) is 10.3. The van der Waals surface area contributed by atoms with E-state index in [2.05, 4.69) is 37.5 Å². The standard InChI is InChI=1S/C17H23N3O2/c1-16(2)14(11-17(16,3)22-4)20-15(21)19-13-7-5-12(6-8-13)9-10-18/h5-8,14H,9,11H2,1-4H3,(H2,19,20,21). The van der Waals surface area contributed by atoms with Crippen molar-refractivity contribution in [3.63, 3.8) is 0 Å². The third kappa shape index (κ3) is 2.93. The van der Waals surface area contributed by atoms with Gasteiger partial charge in [0, 0.05) is 24.3 Å². The Kier molecular flexibility index (Phi) is 4.43. The summed E-state index contributed by atoms with van der Waals surface area (Å²) in [6, 6.07) is 9.25. The van der Waals surface area contributed by atoms with Crippen LogP contribution in [0.2, 0.25) is 0 Å². The van der Waals surface area contributed by atoms with Gasteiger partial charge >= 0.3 is 6.03 Å². The molecule has 2 rings (SSSR count). The van der Waals surface area contributed by atoms with E-state index in [1.54, 1.807) is 19.2 Å². The lowest BCUT2D eigenvalue weighted by molar-refractivity contribution is -0.177. The molecule has 0 saturated heterocycles.